The van der Waals surface area contributed by atoms with Crippen LogP contribution in [0.4, 0.5) is 5.69 Å². The molecule has 1 rings (SSSR count). The van der Waals surface area contributed by atoms with Crippen LogP contribution < -0.4 is 14.8 Å². The van der Waals surface area contributed by atoms with Crippen molar-refractivity contribution in [3.63, 3.8) is 0 Å². The van der Waals surface area contributed by atoms with E-state index in [0.717, 1.165) is 19.5 Å². The van der Waals surface area contributed by atoms with Crippen LogP contribution in [0.5, 0.6) is 11.5 Å². The molecule has 100 valence electrons. The summed E-state index contributed by atoms with van der Waals surface area (Å²) in [5.41, 5.74) is -0.0818. The zero-order chi connectivity index (χ0) is 13.4. The summed E-state index contributed by atoms with van der Waals surface area (Å²) in [7, 11) is 1.40. The van der Waals surface area contributed by atoms with E-state index >= 15 is 0 Å². The van der Waals surface area contributed by atoms with Crippen LogP contribution in [-0.2, 0) is 0 Å². The number of nitro groups is 1. The molecule has 0 amide bonds. The Morgan fingerprint density at radius 1 is 1.44 bits per heavy atom. The summed E-state index contributed by atoms with van der Waals surface area (Å²) in [5, 5.41) is 14.0. The number of methoxy groups -OCH3 is 1. The van der Waals surface area contributed by atoms with Crippen LogP contribution in [0.3, 0.4) is 0 Å². The fourth-order valence-electron chi connectivity index (χ4n) is 1.47. The van der Waals surface area contributed by atoms with Gasteiger partial charge in [0.1, 0.15) is 5.75 Å². The normalized spacial score (nSPS) is 10.1. The third-order valence-electron chi connectivity index (χ3n) is 2.36. The van der Waals surface area contributed by atoms with Gasteiger partial charge in [0.25, 0.3) is 0 Å². The fraction of sp³-hybridized carbons (Fsp3) is 0.500. The van der Waals surface area contributed by atoms with Gasteiger partial charge in [0.2, 0.25) is 0 Å². The molecule has 0 radical (unpaired) electrons. The fourth-order valence-corrected chi connectivity index (χ4v) is 1.47. The van der Waals surface area contributed by atoms with Crippen LogP contribution in [0.2, 0.25) is 0 Å². The number of hydrogen-bond acceptors (Lipinski definition) is 5. The lowest BCUT2D eigenvalue weighted by atomic mass is 10.3. The number of ether oxygens (including phenoxy) is 2. The molecule has 0 aromatic heterocycles. The van der Waals surface area contributed by atoms with Gasteiger partial charge in [-0.25, -0.2) is 0 Å². The Balaban J connectivity index is 2.56. The molecule has 1 N–H and O–H groups in total. The van der Waals surface area contributed by atoms with E-state index in [9.17, 15) is 10.1 Å². The lowest BCUT2D eigenvalue weighted by Crippen LogP contribution is -2.16. The first-order valence-corrected chi connectivity index (χ1v) is 5.85. The zero-order valence-electron chi connectivity index (χ0n) is 10.6. The van der Waals surface area contributed by atoms with E-state index in [1.54, 1.807) is 6.07 Å². The van der Waals surface area contributed by atoms with Crippen molar-refractivity contribution < 1.29 is 14.4 Å². The smallest absolute Gasteiger partial charge is 0.314 e. The highest BCUT2D eigenvalue weighted by Crippen LogP contribution is 2.30. The van der Waals surface area contributed by atoms with Crippen molar-refractivity contribution in [3.8, 4) is 11.5 Å². The Labute approximate surface area is 106 Å². The highest BCUT2D eigenvalue weighted by Gasteiger charge is 2.15. The van der Waals surface area contributed by atoms with Crippen molar-refractivity contribution in [1.29, 1.82) is 0 Å². The van der Waals surface area contributed by atoms with Gasteiger partial charge in [-0.2, -0.15) is 0 Å². The van der Waals surface area contributed by atoms with Gasteiger partial charge in [-0.15, -0.1) is 0 Å². The van der Waals surface area contributed by atoms with Crippen molar-refractivity contribution in [2.24, 2.45) is 0 Å². The van der Waals surface area contributed by atoms with E-state index in [-0.39, 0.29) is 11.4 Å². The second kappa shape index (κ2) is 7.50. The summed E-state index contributed by atoms with van der Waals surface area (Å²) in [6.45, 7) is 4.35. The van der Waals surface area contributed by atoms with E-state index in [1.165, 1.54) is 19.2 Å². The number of nitrogens with one attached hydrogen (secondary N) is 1. The predicted molar refractivity (Wildman–Crippen MR) is 68.3 cm³/mol. The summed E-state index contributed by atoms with van der Waals surface area (Å²) >= 11 is 0. The second-order valence-corrected chi connectivity index (χ2v) is 3.65. The minimum absolute atomic E-state index is 0.0818. The van der Waals surface area contributed by atoms with Crippen LogP contribution >= 0.6 is 0 Å². The zero-order valence-corrected chi connectivity index (χ0v) is 10.6. The van der Waals surface area contributed by atoms with Crippen molar-refractivity contribution in [2.75, 3.05) is 26.8 Å². The number of hydrogen-bond donors (Lipinski definition) is 1. The van der Waals surface area contributed by atoms with Gasteiger partial charge in [-0.05, 0) is 31.6 Å². The van der Waals surface area contributed by atoms with Crippen molar-refractivity contribution in [1.82, 2.24) is 5.32 Å². The number of benzene rings is 1. The first-order valence-electron chi connectivity index (χ1n) is 5.85. The van der Waals surface area contributed by atoms with Crippen molar-refractivity contribution in [3.05, 3.63) is 28.3 Å². The largest absolute Gasteiger partial charge is 0.493 e. The van der Waals surface area contributed by atoms with Crippen molar-refractivity contribution in [2.45, 2.75) is 13.3 Å². The highest BCUT2D eigenvalue weighted by molar-refractivity contribution is 5.50. The summed E-state index contributed by atoms with van der Waals surface area (Å²) in [4.78, 5) is 10.3. The average molecular weight is 254 g/mol. The maximum Gasteiger partial charge on any atom is 0.314 e. The van der Waals surface area contributed by atoms with Crippen LogP contribution in [-0.4, -0.2) is 31.7 Å². The molecule has 18 heavy (non-hydrogen) atoms. The van der Waals surface area contributed by atoms with Gasteiger partial charge in [0.15, 0.2) is 5.75 Å². The SMILES string of the molecule is CCNCCCOc1ccc(OC)c([N+](=O)[O-])c1. The summed E-state index contributed by atoms with van der Waals surface area (Å²) in [5.74, 6) is 0.721. The maximum absolute atomic E-state index is 10.8. The highest BCUT2D eigenvalue weighted by atomic mass is 16.6. The topological polar surface area (TPSA) is 73.6 Å². The van der Waals surface area contributed by atoms with Gasteiger partial charge in [-0.3, -0.25) is 10.1 Å². The van der Waals surface area contributed by atoms with E-state index < -0.39 is 4.92 Å². The number of rotatable bonds is 8. The van der Waals surface area contributed by atoms with Gasteiger partial charge < -0.3 is 14.8 Å². The Morgan fingerprint density at radius 3 is 2.83 bits per heavy atom. The molecule has 1 aromatic carbocycles. The summed E-state index contributed by atoms with van der Waals surface area (Å²) in [6, 6.07) is 4.59. The first kappa shape index (κ1) is 14.2. The molecule has 1 aromatic rings. The quantitative estimate of drug-likeness (QED) is 0.436. The molecule has 6 heteroatoms. The molecule has 0 bridgehead atoms. The third-order valence-corrected chi connectivity index (χ3v) is 2.36. The summed E-state index contributed by atoms with van der Waals surface area (Å²) < 4.78 is 10.4. The number of nitro benzene ring substituents is 1. The standard InChI is InChI=1S/C12H18N2O4/c1-3-13-7-4-8-18-10-5-6-12(17-2)11(9-10)14(15)16/h5-6,9,13H,3-4,7-8H2,1-2H3. The van der Waals surface area contributed by atoms with Crippen molar-refractivity contribution >= 4 is 5.69 Å². The minimum Gasteiger partial charge on any atom is -0.493 e. The Hall–Kier alpha value is -1.82. The first-order chi connectivity index (χ1) is 8.69. The Bertz CT molecular complexity index is 396. The second-order valence-electron chi connectivity index (χ2n) is 3.65. The average Bonchev–Trinajstić information content (AvgIpc) is 2.38. The van der Waals surface area contributed by atoms with Crippen LogP contribution in [0.15, 0.2) is 18.2 Å². The number of nitrogens with zero attached hydrogens (tertiary/aromatic N) is 1. The molecule has 0 aliphatic carbocycles. The van der Waals surface area contributed by atoms with Gasteiger partial charge >= 0.3 is 5.69 Å². The van der Waals surface area contributed by atoms with Crippen LogP contribution in [0.1, 0.15) is 13.3 Å². The van der Waals surface area contributed by atoms with Crippen LogP contribution in [0.25, 0.3) is 0 Å². The Kier molecular flexibility index (Phi) is 5.93. The van der Waals surface area contributed by atoms with E-state index in [0.29, 0.717) is 12.4 Å². The lowest BCUT2D eigenvalue weighted by molar-refractivity contribution is -0.385. The van der Waals surface area contributed by atoms with Gasteiger partial charge in [-0.1, -0.05) is 6.92 Å². The molecular weight excluding hydrogens is 236 g/mol. The molecule has 6 nitrogen and oxygen atoms in total. The van der Waals surface area contributed by atoms with E-state index in [4.69, 9.17) is 9.47 Å². The van der Waals surface area contributed by atoms with Crippen LogP contribution in [0, 0.1) is 10.1 Å². The summed E-state index contributed by atoms with van der Waals surface area (Å²) in [6.07, 6.45) is 0.855. The molecule has 0 heterocycles. The molecule has 0 saturated heterocycles. The minimum atomic E-state index is -0.482. The monoisotopic (exact) mass is 254 g/mol. The molecular formula is C12H18N2O4. The van der Waals surface area contributed by atoms with E-state index in [1.807, 2.05) is 6.92 Å². The molecule has 0 aliphatic rings. The Morgan fingerprint density at radius 2 is 2.22 bits per heavy atom. The maximum atomic E-state index is 10.8. The van der Waals surface area contributed by atoms with Gasteiger partial charge in [0, 0.05) is 0 Å². The molecule has 0 saturated carbocycles. The predicted octanol–water partition coefficient (Wildman–Crippen LogP) is 1.98. The van der Waals surface area contributed by atoms with E-state index in [2.05, 4.69) is 5.32 Å². The lowest BCUT2D eigenvalue weighted by Gasteiger charge is -2.07. The molecule has 0 aliphatic heterocycles. The third kappa shape index (κ3) is 4.21. The van der Waals surface area contributed by atoms with Gasteiger partial charge in [0.05, 0.1) is 24.7 Å². The molecule has 0 spiro atoms. The molecule has 0 atom stereocenters. The molecule has 0 fully saturated rings. The molecule has 0 unspecified atom stereocenters.